The first-order chi connectivity index (χ1) is 13.6. The van der Waals surface area contributed by atoms with Crippen LogP contribution in [0.25, 0.3) is 11.1 Å². The van der Waals surface area contributed by atoms with Crippen LogP contribution < -0.4 is 5.32 Å². The van der Waals surface area contributed by atoms with Crippen molar-refractivity contribution < 1.29 is 4.79 Å². The van der Waals surface area contributed by atoms with Gasteiger partial charge in [-0.15, -0.1) is 0 Å². The van der Waals surface area contributed by atoms with Gasteiger partial charge in [-0.05, 0) is 42.5 Å². The summed E-state index contributed by atoms with van der Waals surface area (Å²) in [5, 5.41) is 3.06. The predicted octanol–water partition coefficient (Wildman–Crippen LogP) is 4.26. The number of benzene rings is 2. The summed E-state index contributed by atoms with van der Waals surface area (Å²) in [6.45, 7) is 3.72. The molecule has 5 nitrogen and oxygen atoms in total. The van der Waals surface area contributed by atoms with E-state index in [1.165, 1.54) is 23.9 Å². The Morgan fingerprint density at radius 3 is 2.68 bits per heavy atom. The summed E-state index contributed by atoms with van der Waals surface area (Å²) in [4.78, 5) is 22.9. The maximum absolute atomic E-state index is 12.8. The van der Waals surface area contributed by atoms with Crippen LogP contribution in [0.1, 0.15) is 17.5 Å². The molecule has 1 N–H and O–H groups in total. The summed E-state index contributed by atoms with van der Waals surface area (Å²) >= 11 is 0. The SMILES string of the molecule is Cc1ccc([C@]23C[C@H]2CN(C(=O)Nc2cccc(-c4cncnc4)c2)C3)cc1. The molecule has 1 aliphatic carbocycles. The lowest BCUT2D eigenvalue weighted by Gasteiger charge is -2.22. The number of fused-ring (bicyclic) bond motifs is 1. The summed E-state index contributed by atoms with van der Waals surface area (Å²) in [6.07, 6.45) is 6.24. The maximum Gasteiger partial charge on any atom is 0.321 e. The second-order valence-corrected chi connectivity index (χ2v) is 7.94. The van der Waals surface area contributed by atoms with Gasteiger partial charge in [-0.2, -0.15) is 0 Å². The Hall–Kier alpha value is -3.21. The molecular weight excluding hydrogens is 348 g/mol. The molecule has 28 heavy (non-hydrogen) atoms. The zero-order chi connectivity index (χ0) is 19.1. The normalized spacial score (nSPS) is 22.6. The van der Waals surface area contributed by atoms with E-state index in [9.17, 15) is 4.79 Å². The van der Waals surface area contributed by atoms with Crippen molar-refractivity contribution in [2.45, 2.75) is 18.8 Å². The quantitative estimate of drug-likeness (QED) is 0.749. The van der Waals surface area contributed by atoms with Crippen LogP contribution in [-0.4, -0.2) is 34.0 Å². The van der Waals surface area contributed by atoms with Gasteiger partial charge in [0.15, 0.2) is 0 Å². The molecule has 0 bridgehead atoms. The minimum absolute atomic E-state index is 0.0276. The van der Waals surface area contributed by atoms with Crippen LogP contribution >= 0.6 is 0 Å². The molecule has 2 aromatic carbocycles. The number of rotatable bonds is 3. The number of hydrogen-bond acceptors (Lipinski definition) is 3. The Labute approximate surface area is 164 Å². The highest BCUT2D eigenvalue weighted by atomic mass is 16.2. The van der Waals surface area contributed by atoms with E-state index in [-0.39, 0.29) is 11.4 Å². The van der Waals surface area contributed by atoms with E-state index in [0.717, 1.165) is 29.9 Å². The van der Waals surface area contributed by atoms with Gasteiger partial charge < -0.3 is 10.2 Å². The fourth-order valence-corrected chi connectivity index (χ4v) is 4.40. The van der Waals surface area contributed by atoms with Crippen LogP contribution in [0, 0.1) is 12.8 Å². The van der Waals surface area contributed by atoms with Crippen LogP contribution in [0.3, 0.4) is 0 Å². The monoisotopic (exact) mass is 370 g/mol. The van der Waals surface area contributed by atoms with E-state index in [1.54, 1.807) is 12.4 Å². The third-order valence-electron chi connectivity index (χ3n) is 6.07. The smallest absolute Gasteiger partial charge is 0.321 e. The molecule has 2 heterocycles. The lowest BCUT2D eigenvalue weighted by atomic mass is 9.94. The summed E-state index contributed by atoms with van der Waals surface area (Å²) in [5.74, 6) is 0.578. The van der Waals surface area contributed by atoms with Crippen LogP contribution in [0.15, 0.2) is 67.3 Å². The fraction of sp³-hybridized carbons (Fsp3) is 0.261. The molecule has 5 heteroatoms. The van der Waals surface area contributed by atoms with Crippen LogP contribution in [-0.2, 0) is 5.41 Å². The first-order valence-corrected chi connectivity index (χ1v) is 9.63. The van der Waals surface area contributed by atoms with Crippen molar-refractivity contribution in [3.63, 3.8) is 0 Å². The first kappa shape index (κ1) is 16.9. The minimum Gasteiger partial charge on any atom is -0.323 e. The summed E-state index contributed by atoms with van der Waals surface area (Å²) in [5.41, 5.74) is 5.50. The average Bonchev–Trinajstić information content (AvgIpc) is 3.30. The van der Waals surface area contributed by atoms with Crippen molar-refractivity contribution in [3.05, 3.63) is 78.4 Å². The van der Waals surface area contributed by atoms with Crippen molar-refractivity contribution >= 4 is 11.7 Å². The molecule has 5 rings (SSSR count). The predicted molar refractivity (Wildman–Crippen MR) is 109 cm³/mol. The molecule has 140 valence electrons. The van der Waals surface area contributed by atoms with Crippen molar-refractivity contribution in [2.75, 3.05) is 18.4 Å². The molecule has 0 unspecified atom stereocenters. The van der Waals surface area contributed by atoms with E-state index in [2.05, 4.69) is 46.5 Å². The van der Waals surface area contributed by atoms with Crippen LogP contribution in [0.2, 0.25) is 0 Å². The molecule has 1 aromatic heterocycles. The van der Waals surface area contributed by atoms with Gasteiger partial charge >= 0.3 is 6.03 Å². The Morgan fingerprint density at radius 2 is 1.89 bits per heavy atom. The van der Waals surface area contributed by atoms with Crippen molar-refractivity contribution in [1.82, 2.24) is 14.9 Å². The number of nitrogens with zero attached hydrogens (tertiary/aromatic N) is 3. The largest absolute Gasteiger partial charge is 0.323 e. The van der Waals surface area contributed by atoms with E-state index in [0.29, 0.717) is 5.92 Å². The zero-order valence-electron chi connectivity index (χ0n) is 15.8. The second-order valence-electron chi connectivity index (χ2n) is 7.94. The topological polar surface area (TPSA) is 58.1 Å². The fourth-order valence-electron chi connectivity index (χ4n) is 4.40. The molecule has 2 fully saturated rings. The number of nitrogens with one attached hydrogen (secondary N) is 1. The Bertz CT molecular complexity index is 1020. The number of hydrogen-bond donors (Lipinski definition) is 1. The van der Waals surface area contributed by atoms with Gasteiger partial charge in [0.1, 0.15) is 6.33 Å². The van der Waals surface area contributed by atoms with Gasteiger partial charge in [0.2, 0.25) is 0 Å². The summed E-state index contributed by atoms with van der Waals surface area (Å²) < 4.78 is 0. The zero-order valence-corrected chi connectivity index (χ0v) is 15.8. The van der Waals surface area contributed by atoms with E-state index >= 15 is 0 Å². The van der Waals surface area contributed by atoms with Gasteiger partial charge in [-0.1, -0.05) is 42.0 Å². The summed E-state index contributed by atoms with van der Waals surface area (Å²) in [7, 11) is 0. The van der Waals surface area contributed by atoms with Gasteiger partial charge in [-0.25, -0.2) is 14.8 Å². The Balaban J connectivity index is 1.29. The third-order valence-corrected chi connectivity index (χ3v) is 6.07. The number of carbonyl (C=O) groups excluding carboxylic acids is 1. The van der Waals surface area contributed by atoms with Gasteiger partial charge in [0, 0.05) is 42.1 Å². The lowest BCUT2D eigenvalue weighted by Crippen LogP contribution is -2.36. The second kappa shape index (κ2) is 6.44. The minimum atomic E-state index is -0.0276. The van der Waals surface area contributed by atoms with Crippen molar-refractivity contribution in [3.8, 4) is 11.1 Å². The lowest BCUT2D eigenvalue weighted by molar-refractivity contribution is 0.216. The number of aromatic nitrogens is 2. The number of urea groups is 1. The molecule has 2 aliphatic rings. The molecular formula is C23H22N4O. The molecule has 1 saturated carbocycles. The van der Waals surface area contributed by atoms with Gasteiger partial charge in [-0.3, -0.25) is 0 Å². The Morgan fingerprint density at radius 1 is 1.11 bits per heavy atom. The van der Waals surface area contributed by atoms with Gasteiger partial charge in [0.25, 0.3) is 0 Å². The molecule has 2 amide bonds. The van der Waals surface area contributed by atoms with E-state index in [4.69, 9.17) is 0 Å². The molecule has 0 radical (unpaired) electrons. The maximum atomic E-state index is 12.8. The third kappa shape index (κ3) is 2.93. The van der Waals surface area contributed by atoms with Gasteiger partial charge in [0.05, 0.1) is 0 Å². The van der Waals surface area contributed by atoms with Crippen LogP contribution in [0.5, 0.6) is 0 Å². The summed E-state index contributed by atoms with van der Waals surface area (Å²) in [6, 6.07) is 16.6. The van der Waals surface area contributed by atoms with Crippen LogP contribution in [0.4, 0.5) is 10.5 Å². The average molecular weight is 370 g/mol. The molecule has 1 aliphatic heterocycles. The van der Waals surface area contributed by atoms with Crippen molar-refractivity contribution in [1.29, 1.82) is 0 Å². The van der Waals surface area contributed by atoms with E-state index < -0.39 is 0 Å². The highest BCUT2D eigenvalue weighted by Crippen LogP contribution is 2.59. The number of likely N-dealkylation sites (tertiary alicyclic amines) is 1. The Kier molecular flexibility index (Phi) is 3.90. The van der Waals surface area contributed by atoms with E-state index in [1.807, 2.05) is 29.2 Å². The first-order valence-electron chi connectivity index (χ1n) is 9.63. The molecule has 3 aromatic rings. The highest BCUT2D eigenvalue weighted by molar-refractivity contribution is 5.90. The number of amides is 2. The number of aryl methyl sites for hydroxylation is 1. The molecule has 0 spiro atoms. The standard InChI is InChI=1S/C23H22N4O/c1-16-5-7-19(8-6-16)23-10-20(23)13-27(14-23)22(28)26-21-4-2-3-17(9-21)18-11-24-15-25-12-18/h2-9,11-12,15,20H,10,13-14H2,1H3,(H,26,28)/t20-,23+/m0/s1. The number of carbonyl (C=O) groups is 1. The highest BCUT2D eigenvalue weighted by Gasteiger charge is 2.61. The number of anilines is 1. The molecule has 1 saturated heterocycles. The number of piperidine rings is 1. The van der Waals surface area contributed by atoms with Crippen molar-refractivity contribution in [2.24, 2.45) is 5.92 Å². The molecule has 2 atom stereocenters.